The first kappa shape index (κ1) is 23.1. The minimum Gasteiger partial charge on any atom is -0.455 e. The van der Waals surface area contributed by atoms with E-state index in [1.807, 2.05) is 0 Å². The van der Waals surface area contributed by atoms with E-state index in [9.17, 15) is 24.5 Å². The van der Waals surface area contributed by atoms with E-state index in [0.717, 1.165) is 0 Å². The van der Waals surface area contributed by atoms with Crippen LogP contribution < -0.4 is 5.32 Å². The molecule has 1 aromatic carbocycles. The van der Waals surface area contributed by atoms with Gasteiger partial charge in [-0.15, -0.1) is 0 Å². The normalized spacial score (nSPS) is 16.5. The molecule has 1 aliphatic heterocycles. The molecule has 10 heteroatoms. The maximum absolute atomic E-state index is 12.3. The molecule has 2 amide bonds. The number of aryl methyl sites for hydroxylation is 1. The molecule has 2 rings (SSSR count). The van der Waals surface area contributed by atoms with E-state index >= 15 is 0 Å². The highest BCUT2D eigenvalue weighted by atomic mass is 16.6. The van der Waals surface area contributed by atoms with Crippen LogP contribution >= 0.6 is 0 Å². The third-order valence-electron chi connectivity index (χ3n) is 4.45. The smallest absolute Gasteiger partial charge is 0.410 e. The molecule has 1 atom stereocenters. The van der Waals surface area contributed by atoms with E-state index in [4.69, 9.17) is 9.47 Å². The number of amides is 2. The number of benzene rings is 1. The molecule has 0 aliphatic carbocycles. The highest BCUT2D eigenvalue weighted by molar-refractivity contribution is 5.93. The summed E-state index contributed by atoms with van der Waals surface area (Å²) in [5, 5.41) is 13.3. The van der Waals surface area contributed by atoms with Gasteiger partial charge in [0.1, 0.15) is 5.60 Å². The van der Waals surface area contributed by atoms with Crippen LogP contribution in [-0.4, -0.2) is 53.1 Å². The van der Waals surface area contributed by atoms with Crippen LogP contribution in [0.2, 0.25) is 0 Å². The lowest BCUT2D eigenvalue weighted by Gasteiger charge is -2.33. The van der Waals surface area contributed by atoms with Gasteiger partial charge >= 0.3 is 12.1 Å². The van der Waals surface area contributed by atoms with Crippen molar-refractivity contribution in [3.05, 3.63) is 33.9 Å². The Morgan fingerprint density at radius 3 is 2.60 bits per heavy atom. The van der Waals surface area contributed by atoms with E-state index < -0.39 is 41.0 Å². The second-order valence-corrected chi connectivity index (χ2v) is 8.18. The van der Waals surface area contributed by atoms with Crippen molar-refractivity contribution < 1.29 is 28.8 Å². The molecular weight excluding hydrogens is 394 g/mol. The SMILES string of the molecule is Cc1cc([N+](=O)[O-])ccc1NC(=O)COC(=O)C1CCCN(C(=O)OC(C)(C)C)C1. The Morgan fingerprint density at radius 1 is 1.30 bits per heavy atom. The van der Waals surface area contributed by atoms with Gasteiger partial charge in [-0.3, -0.25) is 19.7 Å². The highest BCUT2D eigenvalue weighted by Gasteiger charge is 2.32. The number of hydrogen-bond donors (Lipinski definition) is 1. The second kappa shape index (κ2) is 9.55. The number of carbonyl (C=O) groups excluding carboxylic acids is 3. The van der Waals surface area contributed by atoms with Crippen molar-refractivity contribution in [3.8, 4) is 0 Å². The largest absolute Gasteiger partial charge is 0.455 e. The van der Waals surface area contributed by atoms with Crippen molar-refractivity contribution in [2.45, 2.75) is 46.1 Å². The van der Waals surface area contributed by atoms with Crippen molar-refractivity contribution in [1.82, 2.24) is 4.90 Å². The fourth-order valence-electron chi connectivity index (χ4n) is 3.00. The van der Waals surface area contributed by atoms with Crippen LogP contribution in [0.25, 0.3) is 0 Å². The first-order valence-corrected chi connectivity index (χ1v) is 9.65. The molecule has 1 heterocycles. The summed E-state index contributed by atoms with van der Waals surface area (Å²) >= 11 is 0. The van der Waals surface area contributed by atoms with Crippen LogP contribution in [0.1, 0.15) is 39.2 Å². The Morgan fingerprint density at radius 2 is 2.00 bits per heavy atom. The zero-order valence-electron chi connectivity index (χ0n) is 17.6. The molecule has 30 heavy (non-hydrogen) atoms. The van der Waals surface area contributed by atoms with Gasteiger partial charge in [-0.25, -0.2) is 4.79 Å². The third-order valence-corrected chi connectivity index (χ3v) is 4.45. The summed E-state index contributed by atoms with van der Waals surface area (Å²) in [5.41, 5.74) is 0.210. The number of non-ortho nitro benzene ring substituents is 1. The molecular formula is C20H27N3O7. The Bertz CT molecular complexity index is 832. The predicted octanol–water partition coefficient (Wildman–Crippen LogP) is 3.03. The number of nitrogens with one attached hydrogen (secondary N) is 1. The molecule has 0 bridgehead atoms. The quantitative estimate of drug-likeness (QED) is 0.439. The Hall–Kier alpha value is -3.17. The molecule has 164 valence electrons. The fraction of sp³-hybridized carbons (Fsp3) is 0.550. The molecule has 10 nitrogen and oxygen atoms in total. The maximum atomic E-state index is 12.3. The lowest BCUT2D eigenvalue weighted by atomic mass is 9.98. The number of carbonyl (C=O) groups is 3. The van der Waals surface area contributed by atoms with E-state index in [0.29, 0.717) is 30.6 Å². The van der Waals surface area contributed by atoms with Crippen molar-refractivity contribution in [2.75, 3.05) is 25.0 Å². The van der Waals surface area contributed by atoms with Crippen LogP contribution in [0.3, 0.4) is 0 Å². The molecule has 1 aliphatic rings. The summed E-state index contributed by atoms with van der Waals surface area (Å²) in [7, 11) is 0. The first-order valence-electron chi connectivity index (χ1n) is 9.65. The van der Waals surface area contributed by atoms with Crippen molar-refractivity contribution >= 4 is 29.3 Å². The highest BCUT2D eigenvalue weighted by Crippen LogP contribution is 2.22. The number of nitrogens with zero attached hydrogens (tertiary/aromatic N) is 2. The molecule has 0 aromatic heterocycles. The van der Waals surface area contributed by atoms with E-state index in [1.165, 1.54) is 23.1 Å². The van der Waals surface area contributed by atoms with Crippen molar-refractivity contribution in [3.63, 3.8) is 0 Å². The number of nitro benzene ring substituents is 1. The lowest BCUT2D eigenvalue weighted by Crippen LogP contribution is -2.45. The molecule has 1 saturated heterocycles. The topological polar surface area (TPSA) is 128 Å². The molecule has 0 radical (unpaired) electrons. The first-order chi connectivity index (χ1) is 14.0. The molecule has 1 aromatic rings. The Kier molecular flexibility index (Phi) is 7.36. The van der Waals surface area contributed by atoms with Gasteiger partial charge in [-0.2, -0.15) is 0 Å². The van der Waals surface area contributed by atoms with Gasteiger partial charge in [0, 0.05) is 30.9 Å². The number of likely N-dealkylation sites (tertiary alicyclic amines) is 1. The number of ether oxygens (including phenoxy) is 2. The number of anilines is 1. The third kappa shape index (κ3) is 6.71. The van der Waals surface area contributed by atoms with Crippen LogP contribution in [0, 0.1) is 23.0 Å². The number of rotatable bonds is 5. The summed E-state index contributed by atoms with van der Waals surface area (Å²) in [4.78, 5) is 48.4. The van der Waals surface area contributed by atoms with Gasteiger partial charge < -0.3 is 19.7 Å². The number of esters is 1. The van der Waals surface area contributed by atoms with Gasteiger partial charge in [-0.05, 0) is 52.2 Å². The zero-order valence-corrected chi connectivity index (χ0v) is 17.6. The van der Waals surface area contributed by atoms with Crippen LogP contribution in [0.5, 0.6) is 0 Å². The van der Waals surface area contributed by atoms with Crippen molar-refractivity contribution in [2.24, 2.45) is 5.92 Å². The standard InChI is InChI=1S/C20H27N3O7/c1-13-10-15(23(27)28)7-8-16(13)21-17(24)12-29-18(25)14-6-5-9-22(11-14)19(26)30-20(2,3)4/h7-8,10,14H,5-6,9,11-12H2,1-4H3,(H,21,24). The van der Waals surface area contributed by atoms with Gasteiger partial charge in [0.2, 0.25) is 0 Å². The summed E-state index contributed by atoms with van der Waals surface area (Å²) in [5.74, 6) is -1.64. The average Bonchev–Trinajstić information content (AvgIpc) is 2.66. The van der Waals surface area contributed by atoms with Gasteiger partial charge in [0.05, 0.1) is 10.8 Å². The minimum absolute atomic E-state index is 0.0798. The Labute approximate surface area is 174 Å². The van der Waals surface area contributed by atoms with Gasteiger partial charge in [-0.1, -0.05) is 0 Å². The molecule has 1 unspecified atom stereocenters. The van der Waals surface area contributed by atoms with Crippen LogP contribution in [0.15, 0.2) is 18.2 Å². The molecule has 0 spiro atoms. The number of hydrogen-bond acceptors (Lipinski definition) is 7. The monoisotopic (exact) mass is 421 g/mol. The summed E-state index contributed by atoms with van der Waals surface area (Å²) in [6.45, 7) is 7.12. The molecule has 1 N–H and O–H groups in total. The predicted molar refractivity (Wildman–Crippen MR) is 108 cm³/mol. The van der Waals surface area contributed by atoms with Gasteiger partial charge in [0.25, 0.3) is 11.6 Å². The summed E-state index contributed by atoms with van der Waals surface area (Å²) in [6, 6.07) is 4.05. The zero-order chi connectivity index (χ0) is 22.5. The number of nitro groups is 1. The van der Waals surface area contributed by atoms with E-state index in [-0.39, 0.29) is 12.2 Å². The Balaban J connectivity index is 1.85. The van der Waals surface area contributed by atoms with E-state index in [2.05, 4.69) is 5.32 Å². The summed E-state index contributed by atoms with van der Waals surface area (Å²) in [6.07, 6.45) is 0.709. The van der Waals surface area contributed by atoms with E-state index in [1.54, 1.807) is 27.7 Å². The minimum atomic E-state index is -0.626. The number of piperidine rings is 1. The van der Waals surface area contributed by atoms with Crippen LogP contribution in [-0.2, 0) is 19.1 Å². The lowest BCUT2D eigenvalue weighted by molar-refractivity contribution is -0.384. The maximum Gasteiger partial charge on any atom is 0.410 e. The fourth-order valence-corrected chi connectivity index (χ4v) is 3.00. The second-order valence-electron chi connectivity index (χ2n) is 8.18. The molecule has 0 saturated carbocycles. The van der Waals surface area contributed by atoms with Gasteiger partial charge in [0.15, 0.2) is 6.61 Å². The average molecular weight is 421 g/mol. The summed E-state index contributed by atoms with van der Waals surface area (Å²) < 4.78 is 10.4. The molecule has 1 fully saturated rings. The van der Waals surface area contributed by atoms with Crippen molar-refractivity contribution in [1.29, 1.82) is 0 Å². The van der Waals surface area contributed by atoms with Crippen LogP contribution in [0.4, 0.5) is 16.2 Å².